The molecule has 4 nitrogen and oxygen atoms in total. The molecular weight excluding hydrogens is 282 g/mol. The third-order valence-electron chi connectivity index (χ3n) is 3.00. The van der Waals surface area contributed by atoms with Crippen LogP contribution in [-0.2, 0) is 12.2 Å². The molecule has 1 aromatic heterocycles. The Kier molecular flexibility index (Phi) is 4.06. The molecule has 0 atom stereocenters. The highest BCUT2D eigenvalue weighted by Crippen LogP contribution is 2.24. The summed E-state index contributed by atoms with van der Waals surface area (Å²) in [5.41, 5.74) is 0. The van der Waals surface area contributed by atoms with Crippen LogP contribution < -0.4 is 5.32 Å². The quantitative estimate of drug-likeness (QED) is 0.860. The Morgan fingerprint density at radius 3 is 3.05 bits per heavy atom. The van der Waals surface area contributed by atoms with Gasteiger partial charge in [-0.05, 0) is 37.2 Å². The molecule has 1 fully saturated rings. The zero-order valence-corrected chi connectivity index (χ0v) is 11.9. The Bertz CT molecular complexity index is 556. The van der Waals surface area contributed by atoms with Crippen molar-refractivity contribution in [3.63, 3.8) is 0 Å². The molecule has 0 aliphatic carbocycles. The van der Waals surface area contributed by atoms with Crippen LogP contribution in [-0.4, -0.2) is 23.2 Å². The lowest BCUT2D eigenvalue weighted by Crippen LogP contribution is -2.43. The number of thioether (sulfide) groups is 1. The van der Waals surface area contributed by atoms with Gasteiger partial charge in [0.1, 0.15) is 0 Å². The van der Waals surface area contributed by atoms with Crippen LogP contribution in [0.1, 0.15) is 11.7 Å². The molecule has 0 amide bonds. The first-order chi connectivity index (χ1) is 9.29. The summed E-state index contributed by atoms with van der Waals surface area (Å²) in [6, 6.07) is 7.77. The van der Waals surface area contributed by atoms with E-state index >= 15 is 0 Å². The Balaban J connectivity index is 1.54. The highest BCUT2D eigenvalue weighted by Gasteiger charge is 2.20. The Labute approximate surface area is 120 Å². The minimum atomic E-state index is 0.647. The van der Waals surface area contributed by atoms with Crippen LogP contribution in [0.25, 0.3) is 0 Å². The fourth-order valence-electron chi connectivity index (χ4n) is 1.88. The number of halogens is 1. The van der Waals surface area contributed by atoms with Crippen LogP contribution in [0.2, 0.25) is 5.02 Å². The van der Waals surface area contributed by atoms with Crippen molar-refractivity contribution < 1.29 is 4.52 Å². The maximum absolute atomic E-state index is 5.94. The largest absolute Gasteiger partial charge is 0.339 e. The summed E-state index contributed by atoms with van der Waals surface area (Å²) in [6.07, 6.45) is 0.877. The van der Waals surface area contributed by atoms with Crippen molar-refractivity contribution in [2.24, 2.45) is 5.92 Å². The molecule has 2 heterocycles. The van der Waals surface area contributed by atoms with Gasteiger partial charge in [-0.3, -0.25) is 0 Å². The highest BCUT2D eigenvalue weighted by atomic mass is 35.5. The summed E-state index contributed by atoms with van der Waals surface area (Å²) in [5.74, 6) is 2.83. The lowest BCUT2D eigenvalue weighted by atomic mass is 10.00. The van der Waals surface area contributed by atoms with E-state index < -0.39 is 0 Å². The van der Waals surface area contributed by atoms with Crippen LogP contribution in [0, 0.1) is 5.92 Å². The van der Waals surface area contributed by atoms with Gasteiger partial charge in [-0.2, -0.15) is 4.98 Å². The summed E-state index contributed by atoms with van der Waals surface area (Å²) in [5, 5.41) is 7.99. The molecule has 1 aromatic carbocycles. The normalized spacial score (nSPS) is 15.4. The average molecular weight is 296 g/mol. The zero-order chi connectivity index (χ0) is 13.1. The molecule has 19 heavy (non-hydrogen) atoms. The molecule has 1 aliphatic rings. The third kappa shape index (κ3) is 3.49. The lowest BCUT2D eigenvalue weighted by molar-refractivity contribution is 0.295. The van der Waals surface area contributed by atoms with Crippen molar-refractivity contribution >= 4 is 23.4 Å². The molecular formula is C13H14ClN3OS. The van der Waals surface area contributed by atoms with E-state index in [1.807, 2.05) is 24.3 Å². The van der Waals surface area contributed by atoms with E-state index in [1.165, 1.54) is 0 Å². The summed E-state index contributed by atoms with van der Waals surface area (Å²) in [6.45, 7) is 2.10. The maximum atomic E-state index is 5.94. The molecule has 0 saturated carbocycles. The topological polar surface area (TPSA) is 51.0 Å². The van der Waals surface area contributed by atoms with Crippen molar-refractivity contribution in [3.05, 3.63) is 41.0 Å². The second-order valence-electron chi connectivity index (χ2n) is 4.58. The first-order valence-electron chi connectivity index (χ1n) is 6.20. The summed E-state index contributed by atoms with van der Waals surface area (Å²) in [4.78, 5) is 5.52. The van der Waals surface area contributed by atoms with Crippen molar-refractivity contribution in [1.82, 2.24) is 15.5 Å². The van der Waals surface area contributed by atoms with Crippen LogP contribution in [0.5, 0.6) is 0 Å². The van der Waals surface area contributed by atoms with E-state index in [4.69, 9.17) is 16.1 Å². The van der Waals surface area contributed by atoms with Gasteiger partial charge in [-0.1, -0.05) is 22.8 Å². The molecule has 0 radical (unpaired) electrons. The van der Waals surface area contributed by atoms with E-state index in [9.17, 15) is 0 Å². The highest BCUT2D eigenvalue weighted by molar-refractivity contribution is 7.98. The van der Waals surface area contributed by atoms with Gasteiger partial charge >= 0.3 is 0 Å². The molecule has 1 saturated heterocycles. The summed E-state index contributed by atoms with van der Waals surface area (Å²) < 4.78 is 5.25. The van der Waals surface area contributed by atoms with E-state index in [1.54, 1.807) is 11.8 Å². The number of nitrogens with one attached hydrogen (secondary N) is 1. The number of rotatable bonds is 5. The minimum Gasteiger partial charge on any atom is -0.339 e. The second-order valence-corrected chi connectivity index (χ2v) is 6.06. The van der Waals surface area contributed by atoms with Crippen molar-refractivity contribution in [2.75, 3.05) is 13.1 Å². The number of benzene rings is 1. The number of nitrogens with zero attached hydrogens (tertiary/aromatic N) is 2. The molecule has 0 unspecified atom stereocenters. The Morgan fingerprint density at radius 1 is 1.42 bits per heavy atom. The number of hydrogen-bond donors (Lipinski definition) is 1. The van der Waals surface area contributed by atoms with E-state index in [0.717, 1.165) is 41.1 Å². The van der Waals surface area contributed by atoms with Crippen LogP contribution >= 0.6 is 23.4 Å². The van der Waals surface area contributed by atoms with Gasteiger partial charge in [-0.25, -0.2) is 0 Å². The van der Waals surface area contributed by atoms with E-state index in [0.29, 0.717) is 11.7 Å². The maximum Gasteiger partial charge on any atom is 0.227 e. The van der Waals surface area contributed by atoms with Crippen LogP contribution in [0.3, 0.4) is 0 Å². The molecule has 2 aromatic rings. The molecule has 1 N–H and O–H groups in total. The van der Waals surface area contributed by atoms with Crippen molar-refractivity contribution in [3.8, 4) is 0 Å². The van der Waals surface area contributed by atoms with E-state index in [-0.39, 0.29) is 0 Å². The number of aromatic nitrogens is 2. The average Bonchev–Trinajstić information content (AvgIpc) is 2.79. The zero-order valence-electron chi connectivity index (χ0n) is 10.3. The molecule has 3 rings (SSSR count). The van der Waals surface area contributed by atoms with Gasteiger partial charge < -0.3 is 9.84 Å². The predicted molar refractivity (Wildman–Crippen MR) is 75.4 cm³/mol. The van der Waals surface area contributed by atoms with Crippen molar-refractivity contribution in [2.45, 2.75) is 17.1 Å². The van der Waals surface area contributed by atoms with Gasteiger partial charge in [0.25, 0.3) is 0 Å². The Morgan fingerprint density at radius 2 is 2.32 bits per heavy atom. The fraction of sp³-hybridized carbons (Fsp3) is 0.385. The monoisotopic (exact) mass is 295 g/mol. The molecule has 1 aliphatic heterocycles. The van der Waals surface area contributed by atoms with E-state index in [2.05, 4.69) is 15.5 Å². The minimum absolute atomic E-state index is 0.647. The molecule has 0 bridgehead atoms. The van der Waals surface area contributed by atoms with Crippen molar-refractivity contribution in [1.29, 1.82) is 0 Å². The lowest BCUT2D eigenvalue weighted by Gasteiger charge is -2.25. The predicted octanol–water partition coefficient (Wildman–Crippen LogP) is 2.78. The third-order valence-corrected chi connectivity index (χ3v) is 4.23. The van der Waals surface area contributed by atoms with Crippen LogP contribution in [0.4, 0.5) is 0 Å². The second kappa shape index (κ2) is 5.94. The number of hydrogen-bond acceptors (Lipinski definition) is 5. The molecule has 100 valence electrons. The van der Waals surface area contributed by atoms with Gasteiger partial charge in [0, 0.05) is 16.3 Å². The van der Waals surface area contributed by atoms with Gasteiger partial charge in [-0.15, -0.1) is 11.8 Å². The Hall–Kier alpha value is -1.04. The van der Waals surface area contributed by atoms with Gasteiger partial charge in [0.2, 0.25) is 5.89 Å². The summed E-state index contributed by atoms with van der Waals surface area (Å²) >= 11 is 7.60. The first kappa shape index (κ1) is 13.0. The fourth-order valence-corrected chi connectivity index (χ4v) is 2.93. The van der Waals surface area contributed by atoms with Crippen LogP contribution in [0.15, 0.2) is 33.7 Å². The van der Waals surface area contributed by atoms with Gasteiger partial charge in [0.15, 0.2) is 5.82 Å². The van der Waals surface area contributed by atoms with Gasteiger partial charge in [0.05, 0.1) is 5.75 Å². The molecule has 0 spiro atoms. The molecule has 6 heteroatoms. The standard InChI is InChI=1S/C13H14ClN3OS/c14-10-2-1-3-11(5-10)19-8-12-16-13(18-17-12)4-9-6-15-7-9/h1-3,5,9,15H,4,6-8H2. The first-order valence-corrected chi connectivity index (χ1v) is 7.56. The summed E-state index contributed by atoms with van der Waals surface area (Å²) in [7, 11) is 0. The SMILES string of the molecule is Clc1cccc(SCc2noc(CC3CNC3)n2)c1. The smallest absolute Gasteiger partial charge is 0.227 e.